The van der Waals surface area contributed by atoms with Crippen LogP contribution in [-0.4, -0.2) is 28.0 Å². The predicted octanol–water partition coefficient (Wildman–Crippen LogP) is 2.10. The first-order valence-corrected chi connectivity index (χ1v) is 7.07. The zero-order chi connectivity index (χ0) is 15.2. The maximum atomic E-state index is 11.8. The third kappa shape index (κ3) is 4.71. The first-order chi connectivity index (χ1) is 10.0. The molecule has 0 spiro atoms. The first-order valence-electron chi connectivity index (χ1n) is 6.28. The van der Waals surface area contributed by atoms with Gasteiger partial charge in [-0.25, -0.2) is 5.43 Å². The Labute approximate surface area is 130 Å². The number of hydrazone groups is 1. The van der Waals surface area contributed by atoms with Gasteiger partial charge in [-0.15, -0.1) is 0 Å². The number of aryl methyl sites for hydroxylation is 1. The van der Waals surface area contributed by atoms with E-state index in [-0.39, 0.29) is 5.91 Å². The number of rotatable bonds is 5. The first kappa shape index (κ1) is 15.2. The minimum absolute atomic E-state index is 0.324. The second-order valence-electron chi connectivity index (χ2n) is 4.40. The molecule has 21 heavy (non-hydrogen) atoms. The highest BCUT2D eigenvalue weighted by Crippen LogP contribution is 2.18. The molecule has 0 bridgehead atoms. The van der Waals surface area contributed by atoms with Crippen molar-refractivity contribution in [1.29, 1.82) is 0 Å². The van der Waals surface area contributed by atoms with Crippen molar-refractivity contribution in [2.75, 3.05) is 0 Å². The van der Waals surface area contributed by atoms with Gasteiger partial charge in [-0.3, -0.25) is 9.48 Å². The number of hydrogen-bond acceptors (Lipinski definition) is 4. The van der Waals surface area contributed by atoms with Gasteiger partial charge >= 0.3 is 0 Å². The molecule has 2 aromatic rings. The monoisotopic (exact) mass is 350 g/mol. The highest BCUT2D eigenvalue weighted by molar-refractivity contribution is 9.10. The van der Waals surface area contributed by atoms with E-state index in [4.69, 9.17) is 4.74 Å². The molecule has 7 heteroatoms. The van der Waals surface area contributed by atoms with Crippen molar-refractivity contribution in [2.24, 2.45) is 12.1 Å². The second kappa shape index (κ2) is 7.03. The summed E-state index contributed by atoms with van der Waals surface area (Å²) in [6.07, 6.45) is 4.32. The predicted molar refractivity (Wildman–Crippen MR) is 83.2 cm³/mol. The maximum absolute atomic E-state index is 11.8. The zero-order valence-corrected chi connectivity index (χ0v) is 13.2. The van der Waals surface area contributed by atoms with E-state index in [0.29, 0.717) is 5.75 Å². The molecule has 0 aliphatic heterocycles. The molecule has 0 fully saturated rings. The minimum atomic E-state index is -0.648. The fourth-order valence-electron chi connectivity index (χ4n) is 1.57. The number of benzene rings is 1. The normalized spacial score (nSPS) is 12.3. The van der Waals surface area contributed by atoms with Crippen molar-refractivity contribution < 1.29 is 9.53 Å². The molecule has 1 atom stereocenters. The average Bonchev–Trinajstić information content (AvgIpc) is 2.84. The van der Waals surface area contributed by atoms with Crippen molar-refractivity contribution >= 4 is 28.1 Å². The Bertz CT molecular complexity index is 654. The molecule has 6 nitrogen and oxygen atoms in total. The summed E-state index contributed by atoms with van der Waals surface area (Å²) in [5, 5.41) is 7.87. The SMILES string of the molecule is C[C@@H](Oc1cccc(Br)c1)C(=O)N/N=C\c1cnn(C)c1. The molecule has 0 aliphatic carbocycles. The Balaban J connectivity index is 1.86. The van der Waals surface area contributed by atoms with Crippen LogP contribution in [0.4, 0.5) is 0 Å². The van der Waals surface area contributed by atoms with Gasteiger partial charge in [-0.2, -0.15) is 10.2 Å². The molecule has 0 aliphatic rings. The van der Waals surface area contributed by atoms with Crippen LogP contribution in [0.2, 0.25) is 0 Å². The zero-order valence-electron chi connectivity index (χ0n) is 11.7. The van der Waals surface area contributed by atoms with E-state index in [1.165, 1.54) is 6.21 Å². The van der Waals surface area contributed by atoms with Gasteiger partial charge in [-0.05, 0) is 25.1 Å². The number of amides is 1. The number of carbonyl (C=O) groups excluding carboxylic acids is 1. The lowest BCUT2D eigenvalue weighted by Gasteiger charge is -2.12. The average molecular weight is 351 g/mol. The number of hydrogen-bond donors (Lipinski definition) is 1. The number of nitrogens with one attached hydrogen (secondary N) is 1. The van der Waals surface area contributed by atoms with Gasteiger partial charge in [0.15, 0.2) is 6.10 Å². The van der Waals surface area contributed by atoms with Crippen LogP contribution in [0.25, 0.3) is 0 Å². The van der Waals surface area contributed by atoms with Crippen LogP contribution in [0.1, 0.15) is 12.5 Å². The largest absolute Gasteiger partial charge is 0.481 e. The third-order valence-corrected chi connectivity index (χ3v) is 3.08. The van der Waals surface area contributed by atoms with Crippen LogP contribution >= 0.6 is 15.9 Å². The number of nitrogens with zero attached hydrogens (tertiary/aromatic N) is 3. The molecule has 1 aromatic carbocycles. The number of carbonyl (C=O) groups is 1. The van der Waals surface area contributed by atoms with E-state index in [1.54, 1.807) is 36.1 Å². The molecule has 1 heterocycles. The van der Waals surface area contributed by atoms with Crippen molar-refractivity contribution in [3.05, 3.63) is 46.7 Å². The van der Waals surface area contributed by atoms with Crippen LogP contribution in [-0.2, 0) is 11.8 Å². The highest BCUT2D eigenvalue weighted by Gasteiger charge is 2.13. The fraction of sp³-hybridized carbons (Fsp3) is 0.214. The molecule has 110 valence electrons. The molecular formula is C14H15BrN4O2. The summed E-state index contributed by atoms with van der Waals surface area (Å²) in [7, 11) is 1.81. The summed E-state index contributed by atoms with van der Waals surface area (Å²) in [5.41, 5.74) is 3.24. The Morgan fingerprint density at radius 3 is 3.05 bits per heavy atom. The Kier molecular flexibility index (Phi) is 5.10. The van der Waals surface area contributed by atoms with Crippen LogP contribution in [0, 0.1) is 0 Å². The van der Waals surface area contributed by atoms with Gasteiger partial charge in [0.05, 0.1) is 12.4 Å². The molecule has 0 saturated carbocycles. The summed E-state index contributed by atoms with van der Waals surface area (Å²) in [4.78, 5) is 11.8. The summed E-state index contributed by atoms with van der Waals surface area (Å²) < 4.78 is 8.08. The molecule has 1 amide bonds. The summed E-state index contributed by atoms with van der Waals surface area (Å²) in [5.74, 6) is 0.290. The van der Waals surface area contributed by atoms with Crippen molar-refractivity contribution in [2.45, 2.75) is 13.0 Å². The van der Waals surface area contributed by atoms with Crippen LogP contribution < -0.4 is 10.2 Å². The lowest BCUT2D eigenvalue weighted by atomic mass is 10.3. The lowest BCUT2D eigenvalue weighted by molar-refractivity contribution is -0.127. The van der Waals surface area contributed by atoms with Gasteiger partial charge in [0.25, 0.3) is 5.91 Å². The Hall–Kier alpha value is -2.15. The van der Waals surface area contributed by atoms with E-state index in [0.717, 1.165) is 10.0 Å². The Morgan fingerprint density at radius 2 is 2.38 bits per heavy atom. The number of halogens is 1. The third-order valence-electron chi connectivity index (χ3n) is 2.59. The lowest BCUT2D eigenvalue weighted by Crippen LogP contribution is -2.33. The molecule has 0 radical (unpaired) electrons. The Morgan fingerprint density at radius 1 is 1.57 bits per heavy atom. The van der Waals surface area contributed by atoms with E-state index in [1.807, 2.05) is 19.2 Å². The number of aromatic nitrogens is 2. The van der Waals surface area contributed by atoms with Gasteiger partial charge in [-0.1, -0.05) is 22.0 Å². The number of ether oxygens (including phenoxy) is 1. The molecule has 1 aromatic heterocycles. The van der Waals surface area contributed by atoms with Gasteiger partial charge in [0.2, 0.25) is 0 Å². The second-order valence-corrected chi connectivity index (χ2v) is 5.31. The summed E-state index contributed by atoms with van der Waals surface area (Å²) >= 11 is 3.35. The maximum Gasteiger partial charge on any atom is 0.280 e. The van der Waals surface area contributed by atoms with Crippen LogP contribution in [0.5, 0.6) is 5.75 Å². The van der Waals surface area contributed by atoms with E-state index >= 15 is 0 Å². The molecule has 0 saturated heterocycles. The minimum Gasteiger partial charge on any atom is -0.481 e. The van der Waals surface area contributed by atoms with E-state index < -0.39 is 6.10 Å². The fourth-order valence-corrected chi connectivity index (χ4v) is 1.94. The molecule has 1 N–H and O–H groups in total. The van der Waals surface area contributed by atoms with Gasteiger partial charge in [0, 0.05) is 23.3 Å². The quantitative estimate of drug-likeness (QED) is 0.663. The molecule has 2 rings (SSSR count). The van der Waals surface area contributed by atoms with E-state index in [9.17, 15) is 4.79 Å². The standard InChI is InChI=1S/C14H15BrN4O2/c1-10(21-13-5-3-4-12(15)6-13)14(20)18-16-7-11-8-17-19(2)9-11/h3-10H,1-2H3,(H,18,20)/b16-7-/t10-/m1/s1. The van der Waals surface area contributed by atoms with Crippen molar-refractivity contribution in [3.63, 3.8) is 0 Å². The summed E-state index contributed by atoms with van der Waals surface area (Å²) in [6, 6.07) is 7.30. The smallest absolute Gasteiger partial charge is 0.280 e. The highest BCUT2D eigenvalue weighted by atomic mass is 79.9. The molecule has 0 unspecified atom stereocenters. The molecular weight excluding hydrogens is 336 g/mol. The van der Waals surface area contributed by atoms with Crippen molar-refractivity contribution in [1.82, 2.24) is 15.2 Å². The summed E-state index contributed by atoms with van der Waals surface area (Å²) in [6.45, 7) is 1.66. The van der Waals surface area contributed by atoms with Crippen molar-refractivity contribution in [3.8, 4) is 5.75 Å². The van der Waals surface area contributed by atoms with E-state index in [2.05, 4.69) is 31.6 Å². The topological polar surface area (TPSA) is 68.5 Å². The van der Waals surface area contributed by atoms with Crippen LogP contribution in [0.3, 0.4) is 0 Å². The van der Waals surface area contributed by atoms with Crippen LogP contribution in [0.15, 0.2) is 46.2 Å². The van der Waals surface area contributed by atoms with Gasteiger partial charge in [0.1, 0.15) is 5.75 Å². The van der Waals surface area contributed by atoms with Gasteiger partial charge < -0.3 is 4.74 Å².